The lowest BCUT2D eigenvalue weighted by Gasteiger charge is -2.10. The number of carbonyl (C=O) groups is 1. The van der Waals surface area contributed by atoms with Crippen LogP contribution in [0.2, 0.25) is 0 Å². The largest absolute Gasteiger partial charge is 0.325 e. The van der Waals surface area contributed by atoms with Crippen molar-refractivity contribution in [3.63, 3.8) is 0 Å². The fourth-order valence-electron chi connectivity index (χ4n) is 1.69. The van der Waals surface area contributed by atoms with E-state index in [4.69, 9.17) is 0 Å². The predicted molar refractivity (Wildman–Crippen MR) is 73.9 cm³/mol. The Labute approximate surface area is 113 Å². The van der Waals surface area contributed by atoms with E-state index in [0.29, 0.717) is 11.7 Å². The molecule has 6 heteroatoms. The molecule has 0 atom stereocenters. The first kappa shape index (κ1) is 14.0. The zero-order chi connectivity index (χ0) is 14.0. The summed E-state index contributed by atoms with van der Waals surface area (Å²) in [5.74, 6) is -0.152. The van der Waals surface area contributed by atoms with Gasteiger partial charge in [0.1, 0.15) is 0 Å². The van der Waals surface area contributed by atoms with Crippen LogP contribution in [0.25, 0.3) is 0 Å². The lowest BCUT2D eigenvalue weighted by molar-refractivity contribution is -0.115. The molecule has 0 aliphatic heterocycles. The summed E-state index contributed by atoms with van der Waals surface area (Å²) in [6.07, 6.45) is 3.39. The number of carbonyl (C=O) groups excluding carboxylic acids is 1. The van der Waals surface area contributed by atoms with E-state index in [0.717, 1.165) is 24.7 Å². The van der Waals surface area contributed by atoms with Crippen LogP contribution >= 0.6 is 0 Å². The molecule has 104 valence electrons. The molecule has 19 heavy (non-hydrogen) atoms. The summed E-state index contributed by atoms with van der Waals surface area (Å²) in [7, 11) is -3.26. The van der Waals surface area contributed by atoms with Gasteiger partial charge in [0.2, 0.25) is 5.91 Å². The Morgan fingerprint density at radius 3 is 2.63 bits per heavy atom. The number of hydrogen-bond acceptors (Lipinski definition) is 4. The molecule has 2 rings (SSSR count). The number of benzene rings is 1. The van der Waals surface area contributed by atoms with Crippen molar-refractivity contribution >= 4 is 21.4 Å². The second-order valence-electron chi connectivity index (χ2n) is 4.95. The molecule has 1 amide bonds. The van der Waals surface area contributed by atoms with Gasteiger partial charge in [0.05, 0.1) is 11.4 Å². The number of anilines is 1. The molecule has 1 aromatic carbocycles. The van der Waals surface area contributed by atoms with Crippen LogP contribution in [0.4, 0.5) is 5.69 Å². The van der Waals surface area contributed by atoms with E-state index >= 15 is 0 Å². The molecule has 1 fully saturated rings. The molecule has 1 aliphatic carbocycles. The summed E-state index contributed by atoms with van der Waals surface area (Å²) in [6, 6.07) is 5.21. The van der Waals surface area contributed by atoms with Gasteiger partial charge in [-0.2, -0.15) is 0 Å². The summed E-state index contributed by atoms with van der Waals surface area (Å²) in [5, 5.41) is 5.85. The van der Waals surface area contributed by atoms with E-state index in [1.165, 1.54) is 6.07 Å². The van der Waals surface area contributed by atoms with Gasteiger partial charge < -0.3 is 10.6 Å². The second-order valence-corrected chi connectivity index (χ2v) is 6.97. The summed E-state index contributed by atoms with van der Waals surface area (Å²) in [4.78, 5) is 11.9. The fourth-order valence-corrected chi connectivity index (χ4v) is 2.33. The second kappa shape index (κ2) is 5.30. The lowest BCUT2D eigenvalue weighted by Crippen LogP contribution is -2.29. The first-order valence-corrected chi connectivity index (χ1v) is 8.09. The Bertz CT molecular complexity index is 592. The first-order chi connectivity index (χ1) is 8.86. The molecular formula is C13H18N2O3S. The highest BCUT2D eigenvalue weighted by molar-refractivity contribution is 7.90. The van der Waals surface area contributed by atoms with Gasteiger partial charge in [0.25, 0.3) is 0 Å². The Balaban J connectivity index is 2.07. The Hall–Kier alpha value is -1.40. The van der Waals surface area contributed by atoms with Crippen LogP contribution in [0.5, 0.6) is 0 Å². The third-order valence-corrected chi connectivity index (χ3v) is 4.15. The van der Waals surface area contributed by atoms with Crippen LogP contribution in [-0.4, -0.2) is 33.2 Å². The number of nitrogens with one attached hydrogen (secondary N) is 2. The van der Waals surface area contributed by atoms with Crippen molar-refractivity contribution in [3.05, 3.63) is 23.8 Å². The molecule has 0 saturated heterocycles. The minimum atomic E-state index is -3.26. The van der Waals surface area contributed by atoms with Crippen LogP contribution in [0.15, 0.2) is 23.1 Å². The molecule has 0 aromatic heterocycles. The van der Waals surface area contributed by atoms with Crippen LogP contribution in [0, 0.1) is 6.92 Å². The molecule has 1 aromatic rings. The van der Waals surface area contributed by atoms with Crippen molar-refractivity contribution in [1.82, 2.24) is 5.32 Å². The monoisotopic (exact) mass is 282 g/mol. The Morgan fingerprint density at radius 2 is 2.05 bits per heavy atom. The number of sulfone groups is 1. The number of hydrogen-bond donors (Lipinski definition) is 2. The van der Waals surface area contributed by atoms with Crippen molar-refractivity contribution in [2.45, 2.75) is 30.7 Å². The molecule has 1 saturated carbocycles. The number of amides is 1. The molecule has 0 radical (unpaired) electrons. The van der Waals surface area contributed by atoms with E-state index in [9.17, 15) is 13.2 Å². The van der Waals surface area contributed by atoms with Gasteiger partial charge >= 0.3 is 0 Å². The van der Waals surface area contributed by atoms with E-state index in [-0.39, 0.29) is 17.3 Å². The van der Waals surface area contributed by atoms with Crippen molar-refractivity contribution in [2.75, 3.05) is 18.1 Å². The van der Waals surface area contributed by atoms with Crippen molar-refractivity contribution in [1.29, 1.82) is 0 Å². The molecule has 0 heterocycles. The van der Waals surface area contributed by atoms with Gasteiger partial charge in [-0.15, -0.1) is 0 Å². The smallest absolute Gasteiger partial charge is 0.238 e. The molecule has 0 spiro atoms. The number of aryl methyl sites for hydroxylation is 1. The maximum absolute atomic E-state index is 11.7. The van der Waals surface area contributed by atoms with E-state index in [2.05, 4.69) is 10.6 Å². The molecular weight excluding hydrogens is 264 g/mol. The van der Waals surface area contributed by atoms with Crippen molar-refractivity contribution in [3.8, 4) is 0 Å². The van der Waals surface area contributed by atoms with Gasteiger partial charge in [-0.1, -0.05) is 6.07 Å². The third-order valence-electron chi connectivity index (χ3n) is 3.04. The van der Waals surface area contributed by atoms with Crippen LogP contribution in [0.3, 0.4) is 0 Å². The minimum Gasteiger partial charge on any atom is -0.325 e. The highest BCUT2D eigenvalue weighted by Crippen LogP contribution is 2.20. The predicted octanol–water partition coefficient (Wildman–Crippen LogP) is 1.09. The van der Waals surface area contributed by atoms with Gasteiger partial charge in [-0.25, -0.2) is 8.42 Å². The van der Waals surface area contributed by atoms with Crippen LogP contribution in [-0.2, 0) is 14.6 Å². The maximum Gasteiger partial charge on any atom is 0.238 e. The quantitative estimate of drug-likeness (QED) is 0.847. The zero-order valence-corrected chi connectivity index (χ0v) is 11.9. The highest BCUT2D eigenvalue weighted by atomic mass is 32.2. The van der Waals surface area contributed by atoms with Gasteiger partial charge in [0.15, 0.2) is 9.84 Å². The van der Waals surface area contributed by atoms with E-state index < -0.39 is 9.84 Å². The van der Waals surface area contributed by atoms with Crippen LogP contribution < -0.4 is 10.6 Å². The topological polar surface area (TPSA) is 75.3 Å². The standard InChI is InChI=1S/C13H18N2O3S/c1-9-3-6-11(19(2,17)18)7-12(9)15-13(16)8-14-10-4-5-10/h3,6-7,10,14H,4-5,8H2,1-2H3,(H,15,16). The van der Waals surface area contributed by atoms with E-state index in [1.807, 2.05) is 6.92 Å². The minimum absolute atomic E-state index is 0.152. The molecule has 0 bridgehead atoms. The molecule has 5 nitrogen and oxygen atoms in total. The van der Waals surface area contributed by atoms with Gasteiger partial charge in [-0.05, 0) is 37.5 Å². The van der Waals surface area contributed by atoms with E-state index in [1.54, 1.807) is 12.1 Å². The average molecular weight is 282 g/mol. The zero-order valence-electron chi connectivity index (χ0n) is 11.1. The maximum atomic E-state index is 11.7. The first-order valence-electron chi connectivity index (χ1n) is 6.20. The van der Waals surface area contributed by atoms with Crippen molar-refractivity contribution in [2.24, 2.45) is 0 Å². The average Bonchev–Trinajstić information content (AvgIpc) is 3.12. The molecule has 1 aliphatic rings. The number of rotatable bonds is 5. The summed E-state index contributed by atoms with van der Waals surface area (Å²) >= 11 is 0. The molecule has 0 unspecified atom stereocenters. The van der Waals surface area contributed by atoms with Gasteiger partial charge in [0, 0.05) is 18.0 Å². The SMILES string of the molecule is Cc1ccc(S(C)(=O)=O)cc1NC(=O)CNC1CC1. The normalized spacial score (nSPS) is 15.3. The Kier molecular flexibility index (Phi) is 3.91. The summed E-state index contributed by atoms with van der Waals surface area (Å²) < 4.78 is 23.0. The summed E-state index contributed by atoms with van der Waals surface area (Å²) in [5.41, 5.74) is 1.39. The third kappa shape index (κ3) is 4.04. The van der Waals surface area contributed by atoms with Crippen molar-refractivity contribution < 1.29 is 13.2 Å². The van der Waals surface area contributed by atoms with Crippen LogP contribution in [0.1, 0.15) is 18.4 Å². The molecule has 2 N–H and O–H groups in total. The fraction of sp³-hybridized carbons (Fsp3) is 0.462. The summed E-state index contributed by atoms with van der Waals surface area (Å²) in [6.45, 7) is 2.09. The van der Waals surface area contributed by atoms with Gasteiger partial charge in [-0.3, -0.25) is 4.79 Å². The Morgan fingerprint density at radius 1 is 1.37 bits per heavy atom. The highest BCUT2D eigenvalue weighted by Gasteiger charge is 2.21. The lowest BCUT2D eigenvalue weighted by atomic mass is 10.2.